The van der Waals surface area contributed by atoms with Gasteiger partial charge in [0.05, 0.1) is 12.1 Å². The van der Waals surface area contributed by atoms with Gasteiger partial charge in [-0.15, -0.1) is 0 Å². The molecule has 0 aliphatic heterocycles. The second-order valence-corrected chi connectivity index (χ2v) is 7.01. The zero-order valence-corrected chi connectivity index (χ0v) is 16.8. The van der Waals surface area contributed by atoms with E-state index >= 15 is 0 Å². The third kappa shape index (κ3) is 4.80. The number of aromatic nitrogens is 1. The number of nitrogens with one attached hydrogen (secondary N) is 1. The molecular weight excluding hydrogens is 376 g/mol. The number of benzene rings is 2. The van der Waals surface area contributed by atoms with Gasteiger partial charge in [-0.2, -0.15) is 8.78 Å². The minimum atomic E-state index is -2.91. The molecule has 0 unspecified atom stereocenters. The summed E-state index contributed by atoms with van der Waals surface area (Å²) < 4.78 is 29.7. The molecule has 0 spiro atoms. The lowest BCUT2D eigenvalue weighted by Gasteiger charge is -2.22. The largest absolute Gasteiger partial charge is 0.435 e. The van der Waals surface area contributed by atoms with Gasteiger partial charge in [-0.3, -0.25) is 9.78 Å². The maximum Gasteiger partial charge on any atom is 0.387 e. The van der Waals surface area contributed by atoms with Crippen LogP contribution in [-0.4, -0.2) is 31.1 Å². The van der Waals surface area contributed by atoms with Crippen LogP contribution in [0.3, 0.4) is 0 Å². The second kappa shape index (κ2) is 8.43. The lowest BCUT2D eigenvalue weighted by atomic mass is 10.1. The number of carbonyl (C=O) groups is 1. The molecule has 29 heavy (non-hydrogen) atoms. The molecule has 0 atom stereocenters. The number of fused-ring (bicyclic) bond motifs is 1. The van der Waals surface area contributed by atoms with E-state index in [-0.39, 0.29) is 18.2 Å². The van der Waals surface area contributed by atoms with Gasteiger partial charge in [0.25, 0.3) is 0 Å². The van der Waals surface area contributed by atoms with E-state index < -0.39 is 6.61 Å². The van der Waals surface area contributed by atoms with Crippen LogP contribution < -0.4 is 15.0 Å². The van der Waals surface area contributed by atoms with Gasteiger partial charge in [0.1, 0.15) is 5.75 Å². The van der Waals surface area contributed by atoms with Gasteiger partial charge in [0.15, 0.2) is 0 Å². The highest BCUT2D eigenvalue weighted by Crippen LogP contribution is 2.30. The lowest BCUT2D eigenvalue weighted by Crippen LogP contribution is -2.30. The number of ether oxygens (including phenoxy) is 1. The predicted molar refractivity (Wildman–Crippen MR) is 111 cm³/mol. The molecule has 1 aromatic heterocycles. The SMILES string of the molecule is Cc1cc(N(C)CC(=O)Nc2c(C)cccc2C)c2cc(OC(F)F)ccc2n1. The first-order valence-electron chi connectivity index (χ1n) is 9.18. The zero-order chi connectivity index (χ0) is 21.1. The van der Waals surface area contributed by atoms with Crippen LogP contribution in [-0.2, 0) is 4.79 Å². The van der Waals surface area contributed by atoms with E-state index in [1.807, 2.05) is 45.0 Å². The molecule has 1 heterocycles. The van der Waals surface area contributed by atoms with Crippen molar-refractivity contribution in [1.82, 2.24) is 4.98 Å². The third-order valence-electron chi connectivity index (χ3n) is 4.65. The average Bonchev–Trinajstić information content (AvgIpc) is 2.64. The molecule has 0 saturated heterocycles. The fourth-order valence-electron chi connectivity index (χ4n) is 3.30. The Morgan fingerprint density at radius 1 is 1.14 bits per heavy atom. The Bertz CT molecular complexity index is 1030. The highest BCUT2D eigenvalue weighted by molar-refractivity contribution is 5.98. The third-order valence-corrected chi connectivity index (χ3v) is 4.65. The minimum absolute atomic E-state index is 0.0489. The number of para-hydroxylation sites is 1. The standard InChI is InChI=1S/C22H23F2N3O2/c1-13-6-5-7-14(2)21(13)26-20(28)12-27(4)19-10-15(3)25-18-9-8-16(11-17(18)19)29-22(23)24/h5-11,22H,12H2,1-4H3,(H,26,28). The second-order valence-electron chi connectivity index (χ2n) is 7.01. The molecule has 2 aromatic carbocycles. The van der Waals surface area contributed by atoms with Gasteiger partial charge in [-0.25, -0.2) is 0 Å². The van der Waals surface area contributed by atoms with Gasteiger partial charge in [-0.1, -0.05) is 18.2 Å². The smallest absolute Gasteiger partial charge is 0.387 e. The molecule has 1 amide bonds. The van der Waals surface area contributed by atoms with E-state index in [2.05, 4.69) is 15.0 Å². The number of carbonyl (C=O) groups excluding carboxylic acids is 1. The highest BCUT2D eigenvalue weighted by Gasteiger charge is 2.15. The molecule has 0 bridgehead atoms. The van der Waals surface area contributed by atoms with E-state index in [1.54, 1.807) is 18.0 Å². The van der Waals surface area contributed by atoms with Gasteiger partial charge < -0.3 is 15.0 Å². The number of hydrogen-bond acceptors (Lipinski definition) is 4. The van der Waals surface area contributed by atoms with Crippen molar-refractivity contribution < 1.29 is 18.3 Å². The summed E-state index contributed by atoms with van der Waals surface area (Å²) in [5.74, 6) is -0.125. The number of rotatable bonds is 6. The Balaban J connectivity index is 1.87. The Morgan fingerprint density at radius 2 is 1.83 bits per heavy atom. The molecule has 0 aliphatic carbocycles. The fourth-order valence-corrected chi connectivity index (χ4v) is 3.30. The molecule has 5 nitrogen and oxygen atoms in total. The van der Waals surface area contributed by atoms with E-state index in [1.165, 1.54) is 12.1 Å². The van der Waals surface area contributed by atoms with Crippen LogP contribution in [0.25, 0.3) is 10.9 Å². The predicted octanol–water partition coefficient (Wildman–Crippen LogP) is 4.84. The highest BCUT2D eigenvalue weighted by atomic mass is 19.3. The van der Waals surface area contributed by atoms with Crippen molar-refractivity contribution in [2.45, 2.75) is 27.4 Å². The number of pyridine rings is 1. The number of aryl methyl sites for hydroxylation is 3. The summed E-state index contributed by atoms with van der Waals surface area (Å²) >= 11 is 0. The Kier molecular flexibility index (Phi) is 5.96. The van der Waals surface area contributed by atoms with Crippen LogP contribution in [0, 0.1) is 20.8 Å². The molecular formula is C22H23F2N3O2. The number of hydrogen-bond donors (Lipinski definition) is 1. The summed E-state index contributed by atoms with van der Waals surface area (Å²) in [6.45, 7) is 2.91. The molecule has 152 valence electrons. The van der Waals surface area contributed by atoms with Gasteiger partial charge in [0, 0.05) is 29.5 Å². The topological polar surface area (TPSA) is 54.5 Å². The number of nitrogens with zero attached hydrogens (tertiary/aromatic N) is 2. The number of amides is 1. The van der Waals surface area contributed by atoms with E-state index in [9.17, 15) is 13.6 Å². The van der Waals surface area contributed by atoms with Crippen LogP contribution in [0.4, 0.5) is 20.2 Å². The van der Waals surface area contributed by atoms with Crippen LogP contribution in [0.2, 0.25) is 0 Å². The van der Waals surface area contributed by atoms with Crippen LogP contribution >= 0.6 is 0 Å². The van der Waals surface area contributed by atoms with Crippen LogP contribution in [0.15, 0.2) is 42.5 Å². The average molecular weight is 399 g/mol. The molecule has 3 rings (SSSR count). The van der Waals surface area contributed by atoms with E-state index in [0.717, 1.165) is 22.5 Å². The maximum atomic E-state index is 12.6. The maximum absolute atomic E-state index is 12.6. The van der Waals surface area contributed by atoms with Crippen LogP contribution in [0.5, 0.6) is 5.75 Å². The number of likely N-dealkylation sites (N-methyl/N-ethyl adjacent to an activating group) is 1. The Morgan fingerprint density at radius 3 is 2.48 bits per heavy atom. The molecule has 3 aromatic rings. The van der Waals surface area contributed by atoms with Crippen molar-refractivity contribution in [3.63, 3.8) is 0 Å². The zero-order valence-electron chi connectivity index (χ0n) is 16.8. The first-order chi connectivity index (χ1) is 13.7. The van der Waals surface area contributed by atoms with Crippen molar-refractivity contribution in [3.8, 4) is 5.75 Å². The number of alkyl halides is 2. The van der Waals surface area contributed by atoms with Crippen LogP contribution in [0.1, 0.15) is 16.8 Å². The Hall–Kier alpha value is -3.22. The number of halogens is 2. The molecule has 0 saturated carbocycles. The molecule has 1 N–H and O–H groups in total. The van der Waals surface area contributed by atoms with Gasteiger partial charge >= 0.3 is 6.61 Å². The summed E-state index contributed by atoms with van der Waals surface area (Å²) in [5.41, 5.74) is 4.89. The number of anilines is 2. The lowest BCUT2D eigenvalue weighted by molar-refractivity contribution is -0.114. The van der Waals surface area contributed by atoms with E-state index in [4.69, 9.17) is 0 Å². The van der Waals surface area contributed by atoms with Gasteiger partial charge in [-0.05, 0) is 56.2 Å². The molecule has 7 heteroatoms. The summed E-state index contributed by atoms with van der Waals surface area (Å²) in [4.78, 5) is 18.9. The van der Waals surface area contributed by atoms with Gasteiger partial charge in [0.2, 0.25) is 5.91 Å². The van der Waals surface area contributed by atoms with E-state index in [0.29, 0.717) is 16.6 Å². The monoisotopic (exact) mass is 399 g/mol. The minimum Gasteiger partial charge on any atom is -0.435 e. The van der Waals surface area contributed by atoms with Crippen molar-refractivity contribution in [2.24, 2.45) is 0 Å². The quantitative estimate of drug-likeness (QED) is 0.645. The fraction of sp³-hybridized carbons (Fsp3) is 0.273. The summed E-state index contributed by atoms with van der Waals surface area (Å²) in [6.07, 6.45) is 0. The van der Waals surface area contributed by atoms with Crippen molar-refractivity contribution in [2.75, 3.05) is 23.8 Å². The molecule has 0 fully saturated rings. The van der Waals surface area contributed by atoms with Crippen molar-refractivity contribution in [3.05, 3.63) is 59.3 Å². The Labute approximate surface area is 168 Å². The van der Waals surface area contributed by atoms with Crippen molar-refractivity contribution >= 4 is 28.2 Å². The normalized spacial score (nSPS) is 11.0. The molecule has 0 aliphatic rings. The molecule has 0 radical (unpaired) electrons. The summed E-state index contributed by atoms with van der Waals surface area (Å²) in [6, 6.07) is 12.3. The first kappa shape index (κ1) is 20.5. The first-order valence-corrected chi connectivity index (χ1v) is 9.18. The summed E-state index contributed by atoms with van der Waals surface area (Å²) in [5, 5.41) is 3.59. The summed E-state index contributed by atoms with van der Waals surface area (Å²) in [7, 11) is 1.78. The van der Waals surface area contributed by atoms with Crippen molar-refractivity contribution in [1.29, 1.82) is 0 Å².